The third-order valence-corrected chi connectivity index (χ3v) is 3.63. The van der Waals surface area contributed by atoms with Crippen LogP contribution in [0.15, 0.2) is 6.07 Å². The molecule has 3 N–H and O–H groups in total. The lowest BCUT2D eigenvalue weighted by Crippen LogP contribution is -2.30. The van der Waals surface area contributed by atoms with E-state index in [0.717, 1.165) is 31.0 Å². The molecule has 5 heteroatoms. The van der Waals surface area contributed by atoms with Crippen LogP contribution in [0.1, 0.15) is 51.3 Å². The monoisotopic (exact) mass is 264 g/mol. The number of aliphatic hydroxyl groups is 1. The van der Waals surface area contributed by atoms with E-state index >= 15 is 0 Å². The summed E-state index contributed by atoms with van der Waals surface area (Å²) in [5, 5.41) is 8.98. The van der Waals surface area contributed by atoms with Crippen molar-refractivity contribution in [3.8, 4) is 0 Å². The zero-order valence-corrected chi connectivity index (χ0v) is 11.8. The average molecular weight is 264 g/mol. The molecule has 2 heterocycles. The van der Waals surface area contributed by atoms with Gasteiger partial charge in [0.2, 0.25) is 0 Å². The molecule has 0 spiro atoms. The lowest BCUT2D eigenvalue weighted by atomic mass is 10.1. The minimum absolute atomic E-state index is 0.257. The molecule has 1 aromatic heterocycles. The largest absolute Gasteiger partial charge is 0.396 e. The SMILES string of the molecule is CC(C)c1nc(N)cc(N2CCCC2CCCO)n1. The van der Waals surface area contributed by atoms with Crippen molar-refractivity contribution in [1.82, 2.24) is 9.97 Å². The molecule has 1 unspecified atom stereocenters. The normalized spacial score (nSPS) is 19.4. The summed E-state index contributed by atoms with van der Waals surface area (Å²) in [7, 11) is 0. The summed E-state index contributed by atoms with van der Waals surface area (Å²) in [4.78, 5) is 11.3. The van der Waals surface area contributed by atoms with Crippen molar-refractivity contribution < 1.29 is 5.11 Å². The van der Waals surface area contributed by atoms with Crippen molar-refractivity contribution >= 4 is 11.6 Å². The van der Waals surface area contributed by atoms with Gasteiger partial charge in [0.1, 0.15) is 17.5 Å². The smallest absolute Gasteiger partial charge is 0.135 e. The minimum Gasteiger partial charge on any atom is -0.396 e. The first-order valence-corrected chi connectivity index (χ1v) is 7.13. The number of anilines is 2. The fraction of sp³-hybridized carbons (Fsp3) is 0.714. The van der Waals surface area contributed by atoms with Gasteiger partial charge in [-0.05, 0) is 25.7 Å². The number of nitrogens with two attached hydrogens (primary N) is 1. The molecule has 5 nitrogen and oxygen atoms in total. The van der Waals surface area contributed by atoms with Crippen LogP contribution in [-0.2, 0) is 0 Å². The molecule has 106 valence electrons. The number of hydrogen-bond donors (Lipinski definition) is 2. The Labute approximate surface area is 114 Å². The summed E-state index contributed by atoms with van der Waals surface area (Å²) < 4.78 is 0. The molecule has 0 bridgehead atoms. The van der Waals surface area contributed by atoms with Gasteiger partial charge >= 0.3 is 0 Å². The van der Waals surface area contributed by atoms with Crippen molar-refractivity contribution in [2.75, 3.05) is 23.8 Å². The van der Waals surface area contributed by atoms with Crippen LogP contribution < -0.4 is 10.6 Å². The van der Waals surface area contributed by atoms with Crippen LogP contribution in [0.5, 0.6) is 0 Å². The van der Waals surface area contributed by atoms with Crippen LogP contribution >= 0.6 is 0 Å². The van der Waals surface area contributed by atoms with E-state index in [4.69, 9.17) is 10.8 Å². The maximum Gasteiger partial charge on any atom is 0.135 e. The summed E-state index contributed by atoms with van der Waals surface area (Å²) in [6, 6.07) is 2.34. The molecule has 1 fully saturated rings. The molecule has 1 saturated heterocycles. The molecule has 0 radical (unpaired) electrons. The Kier molecular flexibility index (Phi) is 4.58. The highest BCUT2D eigenvalue weighted by Gasteiger charge is 2.26. The maximum absolute atomic E-state index is 8.98. The van der Waals surface area contributed by atoms with Crippen molar-refractivity contribution in [2.24, 2.45) is 0 Å². The summed E-state index contributed by atoms with van der Waals surface area (Å²) in [6.07, 6.45) is 4.20. The Hall–Kier alpha value is -1.36. The zero-order chi connectivity index (χ0) is 13.8. The predicted molar refractivity (Wildman–Crippen MR) is 77.2 cm³/mol. The lowest BCUT2D eigenvalue weighted by molar-refractivity contribution is 0.279. The van der Waals surface area contributed by atoms with Crippen molar-refractivity contribution in [3.63, 3.8) is 0 Å². The van der Waals surface area contributed by atoms with Gasteiger partial charge in [0.15, 0.2) is 0 Å². The number of nitrogen functional groups attached to an aromatic ring is 1. The quantitative estimate of drug-likeness (QED) is 0.850. The molecular formula is C14H24N4O. The fourth-order valence-electron chi connectivity index (χ4n) is 2.64. The van der Waals surface area contributed by atoms with Gasteiger partial charge in [-0.2, -0.15) is 0 Å². The first-order chi connectivity index (χ1) is 9.11. The van der Waals surface area contributed by atoms with Crippen molar-refractivity contribution in [2.45, 2.75) is 51.5 Å². The summed E-state index contributed by atoms with van der Waals surface area (Å²) in [5.41, 5.74) is 5.89. The fourth-order valence-corrected chi connectivity index (χ4v) is 2.64. The highest BCUT2D eigenvalue weighted by atomic mass is 16.2. The molecule has 2 rings (SSSR count). The molecule has 1 aromatic rings. The van der Waals surface area contributed by atoms with Crippen LogP contribution in [0.4, 0.5) is 11.6 Å². The molecule has 1 aliphatic rings. The standard InChI is InChI=1S/C14H24N4O/c1-10(2)14-16-12(15)9-13(17-14)18-7-3-5-11(18)6-4-8-19/h9-11,19H,3-8H2,1-2H3,(H2,15,16,17). The summed E-state index contributed by atoms with van der Waals surface area (Å²) in [5.74, 6) is 2.57. The van der Waals surface area contributed by atoms with E-state index in [9.17, 15) is 0 Å². The predicted octanol–water partition coefficient (Wildman–Crippen LogP) is 1.92. The van der Waals surface area contributed by atoms with Gasteiger partial charge in [-0.1, -0.05) is 13.8 Å². The minimum atomic E-state index is 0.257. The van der Waals surface area contributed by atoms with E-state index in [1.54, 1.807) is 0 Å². The maximum atomic E-state index is 8.98. The molecule has 1 aliphatic heterocycles. The van der Waals surface area contributed by atoms with E-state index in [1.807, 2.05) is 6.07 Å². The van der Waals surface area contributed by atoms with E-state index < -0.39 is 0 Å². The number of aromatic nitrogens is 2. The average Bonchev–Trinajstić information content (AvgIpc) is 2.83. The zero-order valence-electron chi connectivity index (χ0n) is 11.8. The van der Waals surface area contributed by atoms with Gasteiger partial charge in [-0.3, -0.25) is 0 Å². The Morgan fingerprint density at radius 2 is 2.26 bits per heavy atom. The molecule has 0 saturated carbocycles. The van der Waals surface area contributed by atoms with Crippen LogP contribution in [0, 0.1) is 0 Å². The second-order valence-electron chi connectivity index (χ2n) is 5.52. The van der Waals surface area contributed by atoms with E-state index in [-0.39, 0.29) is 12.5 Å². The Morgan fingerprint density at radius 1 is 1.47 bits per heavy atom. The van der Waals surface area contributed by atoms with E-state index in [0.29, 0.717) is 11.9 Å². The number of hydrogen-bond acceptors (Lipinski definition) is 5. The molecule has 19 heavy (non-hydrogen) atoms. The number of aliphatic hydroxyl groups excluding tert-OH is 1. The highest BCUT2D eigenvalue weighted by Crippen LogP contribution is 2.28. The van der Waals surface area contributed by atoms with Crippen LogP contribution in [0.2, 0.25) is 0 Å². The Bertz CT molecular complexity index is 422. The third kappa shape index (κ3) is 3.35. The van der Waals surface area contributed by atoms with Gasteiger partial charge in [0.05, 0.1) is 0 Å². The topological polar surface area (TPSA) is 75.3 Å². The van der Waals surface area contributed by atoms with Gasteiger partial charge in [0, 0.05) is 31.2 Å². The second-order valence-corrected chi connectivity index (χ2v) is 5.52. The van der Waals surface area contributed by atoms with E-state index in [1.165, 1.54) is 12.8 Å². The van der Waals surface area contributed by atoms with Crippen molar-refractivity contribution in [1.29, 1.82) is 0 Å². The molecule has 0 amide bonds. The Balaban J connectivity index is 2.20. The molecule has 1 atom stereocenters. The van der Waals surface area contributed by atoms with Crippen molar-refractivity contribution in [3.05, 3.63) is 11.9 Å². The lowest BCUT2D eigenvalue weighted by Gasteiger charge is -2.26. The Morgan fingerprint density at radius 3 is 2.95 bits per heavy atom. The van der Waals surface area contributed by atoms with Gasteiger partial charge < -0.3 is 15.7 Å². The molecular weight excluding hydrogens is 240 g/mol. The summed E-state index contributed by atoms with van der Waals surface area (Å²) >= 11 is 0. The van der Waals surface area contributed by atoms with Crippen LogP contribution in [-0.4, -0.2) is 34.3 Å². The number of nitrogens with zero attached hydrogens (tertiary/aromatic N) is 3. The van der Waals surface area contributed by atoms with Crippen LogP contribution in [0.3, 0.4) is 0 Å². The number of rotatable bonds is 5. The molecule has 0 aliphatic carbocycles. The van der Waals surface area contributed by atoms with Crippen LogP contribution in [0.25, 0.3) is 0 Å². The first kappa shape index (κ1) is 14.1. The summed E-state index contributed by atoms with van der Waals surface area (Å²) in [6.45, 7) is 5.43. The van der Waals surface area contributed by atoms with Gasteiger partial charge in [0.25, 0.3) is 0 Å². The van der Waals surface area contributed by atoms with Gasteiger partial charge in [-0.25, -0.2) is 9.97 Å². The highest BCUT2D eigenvalue weighted by molar-refractivity contribution is 5.48. The molecule has 0 aromatic carbocycles. The third-order valence-electron chi connectivity index (χ3n) is 3.63. The first-order valence-electron chi connectivity index (χ1n) is 7.13. The van der Waals surface area contributed by atoms with Gasteiger partial charge in [-0.15, -0.1) is 0 Å². The second kappa shape index (κ2) is 6.19. The van der Waals surface area contributed by atoms with E-state index in [2.05, 4.69) is 28.7 Å².